The molecule has 1 fully saturated rings. The molecule has 1 atom stereocenters. The van der Waals surface area contributed by atoms with Crippen molar-refractivity contribution in [3.05, 3.63) is 17.7 Å². The van der Waals surface area contributed by atoms with Gasteiger partial charge in [-0.05, 0) is 25.8 Å². The molecule has 106 valence electrons. The molecule has 1 aliphatic rings. The highest BCUT2D eigenvalue weighted by molar-refractivity contribution is 5.51. The van der Waals surface area contributed by atoms with Crippen LogP contribution in [0.5, 0.6) is 17.2 Å². The first-order valence-electron chi connectivity index (χ1n) is 6.80. The third-order valence-electron chi connectivity index (χ3n) is 3.68. The molecule has 1 unspecified atom stereocenters. The molecule has 0 aliphatic carbocycles. The molecule has 1 aromatic rings. The fourth-order valence-electron chi connectivity index (χ4n) is 2.62. The number of hydrogen-bond donors (Lipinski definition) is 1. The van der Waals surface area contributed by atoms with Crippen molar-refractivity contribution in [1.29, 1.82) is 0 Å². The highest BCUT2D eigenvalue weighted by atomic mass is 16.5. The number of nitrogens with one attached hydrogen (secondary N) is 1. The summed E-state index contributed by atoms with van der Waals surface area (Å²) in [6, 6.07) is 4.34. The zero-order valence-electron chi connectivity index (χ0n) is 12.0. The van der Waals surface area contributed by atoms with Gasteiger partial charge in [0.15, 0.2) is 0 Å². The van der Waals surface area contributed by atoms with Crippen molar-refractivity contribution in [3.63, 3.8) is 0 Å². The van der Waals surface area contributed by atoms with Crippen LogP contribution in [0.2, 0.25) is 0 Å². The Morgan fingerprint density at radius 1 is 1.05 bits per heavy atom. The quantitative estimate of drug-likeness (QED) is 0.887. The second-order valence-electron chi connectivity index (χ2n) is 4.86. The van der Waals surface area contributed by atoms with Crippen molar-refractivity contribution in [2.24, 2.45) is 0 Å². The van der Waals surface area contributed by atoms with Gasteiger partial charge >= 0.3 is 0 Å². The SMILES string of the molecule is COc1cc(OC)c(CC2CCCCN2)c(OC)c1. The van der Waals surface area contributed by atoms with Crippen molar-refractivity contribution in [1.82, 2.24) is 5.32 Å². The van der Waals surface area contributed by atoms with Crippen LogP contribution in [0.1, 0.15) is 24.8 Å². The van der Waals surface area contributed by atoms with Crippen molar-refractivity contribution in [3.8, 4) is 17.2 Å². The molecule has 1 N–H and O–H groups in total. The lowest BCUT2D eigenvalue weighted by atomic mass is 9.96. The van der Waals surface area contributed by atoms with Gasteiger partial charge in [0.1, 0.15) is 17.2 Å². The predicted molar refractivity (Wildman–Crippen MR) is 75.4 cm³/mol. The molecule has 1 saturated heterocycles. The first-order valence-corrected chi connectivity index (χ1v) is 6.80. The van der Waals surface area contributed by atoms with E-state index >= 15 is 0 Å². The van der Waals surface area contributed by atoms with Gasteiger partial charge in [-0.1, -0.05) is 6.42 Å². The van der Waals surface area contributed by atoms with Gasteiger partial charge in [0.25, 0.3) is 0 Å². The van der Waals surface area contributed by atoms with E-state index in [9.17, 15) is 0 Å². The second-order valence-corrected chi connectivity index (χ2v) is 4.86. The van der Waals surface area contributed by atoms with Crippen molar-refractivity contribution >= 4 is 0 Å². The third-order valence-corrected chi connectivity index (χ3v) is 3.68. The minimum absolute atomic E-state index is 0.505. The lowest BCUT2D eigenvalue weighted by molar-refractivity contribution is 0.354. The van der Waals surface area contributed by atoms with E-state index in [4.69, 9.17) is 14.2 Å². The van der Waals surface area contributed by atoms with Gasteiger partial charge in [-0.3, -0.25) is 0 Å². The molecular formula is C15H23NO3. The molecule has 0 bridgehead atoms. The number of piperidine rings is 1. The fourth-order valence-corrected chi connectivity index (χ4v) is 2.62. The van der Waals surface area contributed by atoms with Crippen LogP contribution in [0.25, 0.3) is 0 Å². The minimum Gasteiger partial charge on any atom is -0.496 e. The maximum absolute atomic E-state index is 5.48. The Kier molecular flexibility index (Phi) is 4.91. The zero-order chi connectivity index (χ0) is 13.7. The van der Waals surface area contributed by atoms with Crippen molar-refractivity contribution < 1.29 is 14.2 Å². The van der Waals surface area contributed by atoms with Gasteiger partial charge in [0.2, 0.25) is 0 Å². The summed E-state index contributed by atoms with van der Waals surface area (Å²) in [5, 5.41) is 3.56. The average Bonchev–Trinajstić information content (AvgIpc) is 2.48. The topological polar surface area (TPSA) is 39.7 Å². The summed E-state index contributed by atoms with van der Waals surface area (Å²) >= 11 is 0. The van der Waals surface area contributed by atoms with Crippen LogP contribution in [-0.4, -0.2) is 33.9 Å². The summed E-state index contributed by atoms with van der Waals surface area (Å²) < 4.78 is 16.2. The van der Waals surface area contributed by atoms with E-state index in [1.807, 2.05) is 12.1 Å². The summed E-state index contributed by atoms with van der Waals surface area (Å²) in [4.78, 5) is 0. The number of methoxy groups -OCH3 is 3. The van der Waals surface area contributed by atoms with Crippen LogP contribution in [0.3, 0.4) is 0 Å². The zero-order valence-corrected chi connectivity index (χ0v) is 12.0. The van der Waals surface area contributed by atoms with E-state index in [1.54, 1.807) is 21.3 Å². The molecule has 1 aliphatic heterocycles. The largest absolute Gasteiger partial charge is 0.496 e. The Labute approximate surface area is 115 Å². The van der Waals surface area contributed by atoms with E-state index in [-0.39, 0.29) is 0 Å². The Balaban J connectivity index is 2.25. The number of ether oxygens (including phenoxy) is 3. The van der Waals surface area contributed by atoms with Crippen LogP contribution >= 0.6 is 0 Å². The maximum Gasteiger partial charge on any atom is 0.129 e. The van der Waals surface area contributed by atoms with Gasteiger partial charge in [-0.2, -0.15) is 0 Å². The van der Waals surface area contributed by atoms with Crippen molar-refractivity contribution in [2.45, 2.75) is 31.7 Å². The van der Waals surface area contributed by atoms with Crippen LogP contribution in [-0.2, 0) is 6.42 Å². The predicted octanol–water partition coefficient (Wildman–Crippen LogP) is 2.40. The van der Waals surface area contributed by atoms with E-state index in [0.717, 1.165) is 35.8 Å². The smallest absolute Gasteiger partial charge is 0.129 e. The molecule has 2 rings (SSSR count). The van der Waals surface area contributed by atoms with Crippen molar-refractivity contribution in [2.75, 3.05) is 27.9 Å². The average molecular weight is 265 g/mol. The fraction of sp³-hybridized carbons (Fsp3) is 0.600. The number of rotatable bonds is 5. The van der Waals surface area contributed by atoms with E-state index in [1.165, 1.54) is 19.3 Å². The van der Waals surface area contributed by atoms with Gasteiger partial charge in [0.05, 0.1) is 21.3 Å². The van der Waals surface area contributed by atoms with Crippen LogP contribution in [0, 0.1) is 0 Å². The first-order chi connectivity index (χ1) is 9.28. The van der Waals surface area contributed by atoms with Crippen LogP contribution in [0.4, 0.5) is 0 Å². The molecule has 0 saturated carbocycles. The molecule has 0 radical (unpaired) electrons. The van der Waals surface area contributed by atoms with E-state index in [2.05, 4.69) is 5.32 Å². The second kappa shape index (κ2) is 6.66. The molecular weight excluding hydrogens is 242 g/mol. The van der Waals surface area contributed by atoms with Gasteiger partial charge < -0.3 is 19.5 Å². The molecule has 0 amide bonds. The summed E-state index contributed by atoms with van der Waals surface area (Å²) in [5.41, 5.74) is 1.12. The highest BCUT2D eigenvalue weighted by Gasteiger charge is 2.19. The maximum atomic E-state index is 5.48. The van der Waals surface area contributed by atoms with Gasteiger partial charge in [-0.25, -0.2) is 0 Å². The first kappa shape index (κ1) is 14.0. The third kappa shape index (κ3) is 3.32. The number of hydrogen-bond acceptors (Lipinski definition) is 4. The summed E-state index contributed by atoms with van der Waals surface area (Å²) in [5.74, 6) is 2.43. The summed E-state index contributed by atoms with van der Waals surface area (Å²) in [6.07, 6.45) is 4.69. The molecule has 0 spiro atoms. The lowest BCUT2D eigenvalue weighted by Gasteiger charge is -2.25. The van der Waals surface area contributed by atoms with Crippen LogP contribution < -0.4 is 19.5 Å². The summed E-state index contributed by atoms with van der Waals surface area (Å²) in [7, 11) is 5.02. The van der Waals surface area contributed by atoms with Gasteiger partial charge in [0, 0.05) is 23.7 Å². The highest BCUT2D eigenvalue weighted by Crippen LogP contribution is 2.35. The normalized spacial score (nSPS) is 19.0. The molecule has 4 nitrogen and oxygen atoms in total. The molecule has 19 heavy (non-hydrogen) atoms. The molecule has 1 aromatic carbocycles. The van der Waals surface area contributed by atoms with Crippen LogP contribution in [0.15, 0.2) is 12.1 Å². The number of benzene rings is 1. The Bertz CT molecular complexity index is 389. The minimum atomic E-state index is 0.505. The molecule has 0 aromatic heterocycles. The molecule has 4 heteroatoms. The Hall–Kier alpha value is -1.42. The standard InChI is InChI=1S/C15H23NO3/c1-17-12-9-14(18-2)13(15(10-12)19-3)8-11-6-4-5-7-16-11/h9-11,16H,4-8H2,1-3H3. The Morgan fingerprint density at radius 3 is 2.21 bits per heavy atom. The van der Waals surface area contributed by atoms with Gasteiger partial charge in [-0.15, -0.1) is 0 Å². The monoisotopic (exact) mass is 265 g/mol. The van der Waals surface area contributed by atoms with E-state index in [0.29, 0.717) is 6.04 Å². The lowest BCUT2D eigenvalue weighted by Crippen LogP contribution is -2.35. The van der Waals surface area contributed by atoms with E-state index < -0.39 is 0 Å². The molecule has 1 heterocycles. The summed E-state index contributed by atoms with van der Waals surface area (Å²) in [6.45, 7) is 1.10. The Morgan fingerprint density at radius 2 is 1.74 bits per heavy atom.